The van der Waals surface area contributed by atoms with E-state index in [0.29, 0.717) is 17.1 Å². The molecule has 2 aromatic heterocycles. The Hall–Kier alpha value is -2.96. The summed E-state index contributed by atoms with van der Waals surface area (Å²) in [6.07, 6.45) is 0. The maximum absolute atomic E-state index is 12.3. The Morgan fingerprint density at radius 1 is 1.17 bits per heavy atom. The first-order valence-corrected chi connectivity index (χ1v) is 7.17. The van der Waals surface area contributed by atoms with Crippen LogP contribution < -0.4 is 5.32 Å². The highest BCUT2D eigenvalue weighted by molar-refractivity contribution is 6.04. The number of amides is 1. The Morgan fingerprint density at radius 3 is 2.61 bits per heavy atom. The summed E-state index contributed by atoms with van der Waals surface area (Å²) in [7, 11) is 1.79. The summed E-state index contributed by atoms with van der Waals surface area (Å²) in [6, 6.07) is 7.51. The van der Waals surface area contributed by atoms with Gasteiger partial charge in [-0.3, -0.25) is 14.8 Å². The summed E-state index contributed by atoms with van der Waals surface area (Å²) < 4.78 is 7.16. The van der Waals surface area contributed by atoms with Crippen molar-refractivity contribution in [1.82, 2.24) is 20.0 Å². The average molecular weight is 311 g/mol. The molecule has 0 saturated heterocycles. The zero-order valence-electron chi connectivity index (χ0n) is 13.4. The number of anilines is 1. The van der Waals surface area contributed by atoms with Crippen LogP contribution in [0.25, 0.3) is 11.6 Å². The zero-order chi connectivity index (χ0) is 16.6. The molecule has 1 N–H and O–H groups in total. The molecule has 23 heavy (non-hydrogen) atoms. The molecule has 0 saturated carbocycles. The molecule has 118 valence electrons. The number of aryl methyl sites for hydroxylation is 4. The van der Waals surface area contributed by atoms with Crippen LogP contribution in [0.3, 0.4) is 0 Å². The molecule has 0 atom stereocenters. The standard InChI is InChI=1S/C16H17N5O2/c1-9-5-6-12(10(2)7-9)14(22)17-16-19-18-15(23-16)13-8-11(3)20-21(13)4/h5-8H,1-4H3,(H,17,19,22). The molecule has 0 aliphatic heterocycles. The highest BCUT2D eigenvalue weighted by atomic mass is 16.4. The number of nitrogens with one attached hydrogen (secondary N) is 1. The van der Waals surface area contributed by atoms with E-state index in [1.165, 1.54) is 0 Å². The lowest BCUT2D eigenvalue weighted by Gasteiger charge is -2.05. The minimum atomic E-state index is -0.279. The third-order valence-electron chi connectivity index (χ3n) is 3.49. The number of hydrogen-bond donors (Lipinski definition) is 1. The van der Waals surface area contributed by atoms with Crippen molar-refractivity contribution < 1.29 is 9.21 Å². The molecule has 0 bridgehead atoms. The van der Waals surface area contributed by atoms with Crippen LogP contribution in [0.5, 0.6) is 0 Å². The van der Waals surface area contributed by atoms with E-state index in [1.807, 2.05) is 39.0 Å². The number of hydrogen-bond acceptors (Lipinski definition) is 5. The molecule has 7 heteroatoms. The fourth-order valence-corrected chi connectivity index (χ4v) is 2.42. The minimum Gasteiger partial charge on any atom is -0.401 e. The monoisotopic (exact) mass is 311 g/mol. The van der Waals surface area contributed by atoms with Crippen molar-refractivity contribution >= 4 is 11.9 Å². The Kier molecular flexibility index (Phi) is 3.69. The van der Waals surface area contributed by atoms with E-state index in [9.17, 15) is 4.79 Å². The van der Waals surface area contributed by atoms with Gasteiger partial charge in [-0.15, -0.1) is 5.10 Å². The molecule has 2 heterocycles. The summed E-state index contributed by atoms with van der Waals surface area (Å²) >= 11 is 0. The highest BCUT2D eigenvalue weighted by Gasteiger charge is 2.16. The number of carbonyl (C=O) groups is 1. The summed E-state index contributed by atoms with van der Waals surface area (Å²) in [5.74, 6) is 0.0305. The van der Waals surface area contributed by atoms with Gasteiger partial charge in [0, 0.05) is 12.6 Å². The first-order valence-electron chi connectivity index (χ1n) is 7.17. The maximum Gasteiger partial charge on any atom is 0.322 e. The topological polar surface area (TPSA) is 85.8 Å². The molecule has 0 spiro atoms. The van der Waals surface area contributed by atoms with Crippen molar-refractivity contribution in [3.63, 3.8) is 0 Å². The third kappa shape index (κ3) is 2.98. The van der Waals surface area contributed by atoms with E-state index in [-0.39, 0.29) is 11.9 Å². The molecule has 3 rings (SSSR count). The summed E-state index contributed by atoms with van der Waals surface area (Å²) in [5.41, 5.74) is 4.12. The molecule has 0 radical (unpaired) electrons. The lowest BCUT2D eigenvalue weighted by Crippen LogP contribution is -2.13. The largest absolute Gasteiger partial charge is 0.401 e. The number of aromatic nitrogens is 4. The van der Waals surface area contributed by atoms with Crippen LogP contribution in [0, 0.1) is 20.8 Å². The van der Waals surface area contributed by atoms with Gasteiger partial charge in [-0.2, -0.15) is 5.10 Å². The Bertz CT molecular complexity index is 878. The van der Waals surface area contributed by atoms with Crippen LogP contribution in [0.4, 0.5) is 6.01 Å². The van der Waals surface area contributed by atoms with Gasteiger partial charge in [-0.25, -0.2) is 0 Å². The van der Waals surface area contributed by atoms with E-state index in [1.54, 1.807) is 17.8 Å². The van der Waals surface area contributed by atoms with E-state index >= 15 is 0 Å². The Labute approximate surface area is 133 Å². The number of nitrogens with zero attached hydrogens (tertiary/aromatic N) is 4. The molecule has 0 unspecified atom stereocenters. The van der Waals surface area contributed by atoms with Crippen molar-refractivity contribution in [3.05, 3.63) is 46.6 Å². The molecule has 1 aromatic carbocycles. The van der Waals surface area contributed by atoms with Crippen LogP contribution in [-0.2, 0) is 7.05 Å². The van der Waals surface area contributed by atoms with Crippen LogP contribution in [-0.4, -0.2) is 25.9 Å². The van der Waals surface area contributed by atoms with Gasteiger partial charge in [-0.1, -0.05) is 22.8 Å². The lowest BCUT2D eigenvalue weighted by molar-refractivity contribution is 0.102. The normalized spacial score (nSPS) is 10.8. The smallest absolute Gasteiger partial charge is 0.322 e. The van der Waals surface area contributed by atoms with Gasteiger partial charge in [0.2, 0.25) is 0 Å². The summed E-state index contributed by atoms with van der Waals surface area (Å²) in [5, 5.41) is 14.7. The summed E-state index contributed by atoms with van der Waals surface area (Å²) in [6.45, 7) is 5.75. The van der Waals surface area contributed by atoms with Crippen LogP contribution in [0.15, 0.2) is 28.7 Å². The second-order valence-corrected chi connectivity index (χ2v) is 5.48. The molecule has 1 amide bonds. The van der Waals surface area contributed by atoms with Gasteiger partial charge in [-0.05, 0) is 38.5 Å². The number of rotatable bonds is 3. The molecule has 7 nitrogen and oxygen atoms in total. The number of benzene rings is 1. The predicted molar refractivity (Wildman–Crippen MR) is 85.1 cm³/mol. The van der Waals surface area contributed by atoms with Crippen molar-refractivity contribution in [2.75, 3.05) is 5.32 Å². The SMILES string of the molecule is Cc1ccc(C(=O)Nc2nnc(-c3cc(C)nn3C)o2)c(C)c1. The van der Waals surface area contributed by atoms with E-state index in [4.69, 9.17) is 4.42 Å². The molecular formula is C16H17N5O2. The van der Waals surface area contributed by atoms with Crippen LogP contribution in [0.2, 0.25) is 0 Å². The van der Waals surface area contributed by atoms with Crippen molar-refractivity contribution in [2.24, 2.45) is 7.05 Å². The van der Waals surface area contributed by atoms with Gasteiger partial charge in [0.15, 0.2) is 0 Å². The summed E-state index contributed by atoms with van der Waals surface area (Å²) in [4.78, 5) is 12.3. The second kappa shape index (κ2) is 5.68. The van der Waals surface area contributed by atoms with Gasteiger partial charge in [0.25, 0.3) is 11.8 Å². The van der Waals surface area contributed by atoms with E-state index in [0.717, 1.165) is 16.8 Å². The third-order valence-corrected chi connectivity index (χ3v) is 3.49. The van der Waals surface area contributed by atoms with Crippen molar-refractivity contribution in [2.45, 2.75) is 20.8 Å². The Morgan fingerprint density at radius 2 is 1.96 bits per heavy atom. The quantitative estimate of drug-likeness (QED) is 0.803. The first kappa shape index (κ1) is 15.0. The van der Waals surface area contributed by atoms with Crippen molar-refractivity contribution in [3.8, 4) is 11.6 Å². The Balaban J connectivity index is 1.81. The van der Waals surface area contributed by atoms with E-state index in [2.05, 4.69) is 20.6 Å². The van der Waals surface area contributed by atoms with E-state index < -0.39 is 0 Å². The fraction of sp³-hybridized carbons (Fsp3) is 0.250. The van der Waals surface area contributed by atoms with Crippen LogP contribution >= 0.6 is 0 Å². The molecule has 0 aliphatic carbocycles. The molecule has 0 fully saturated rings. The fourth-order valence-electron chi connectivity index (χ4n) is 2.42. The zero-order valence-corrected chi connectivity index (χ0v) is 13.4. The minimum absolute atomic E-state index is 0.0591. The predicted octanol–water partition coefficient (Wildman–Crippen LogP) is 2.65. The van der Waals surface area contributed by atoms with Gasteiger partial charge in [0.05, 0.1) is 5.69 Å². The number of carbonyl (C=O) groups excluding carboxylic acids is 1. The van der Waals surface area contributed by atoms with Crippen LogP contribution in [0.1, 0.15) is 27.2 Å². The van der Waals surface area contributed by atoms with Gasteiger partial charge >= 0.3 is 6.01 Å². The van der Waals surface area contributed by atoms with Crippen molar-refractivity contribution in [1.29, 1.82) is 0 Å². The first-order chi connectivity index (χ1) is 10.9. The average Bonchev–Trinajstić information content (AvgIpc) is 3.05. The molecule has 0 aliphatic rings. The molecular weight excluding hydrogens is 294 g/mol. The second-order valence-electron chi connectivity index (χ2n) is 5.48. The van der Waals surface area contributed by atoms with Gasteiger partial charge in [0.1, 0.15) is 5.69 Å². The lowest BCUT2D eigenvalue weighted by atomic mass is 10.1. The molecule has 3 aromatic rings. The maximum atomic E-state index is 12.3. The van der Waals surface area contributed by atoms with Gasteiger partial charge < -0.3 is 4.42 Å². The highest BCUT2D eigenvalue weighted by Crippen LogP contribution is 2.21.